The normalized spacial score (nSPS) is 11.7. The molecule has 11 rings (SSSR count). The quantitative estimate of drug-likeness (QED) is 0.181. The van der Waals surface area contributed by atoms with Gasteiger partial charge in [-0.25, -0.2) is 4.98 Å². The number of aromatic nitrogens is 5. The number of nitrogens with zero attached hydrogens (tertiary/aromatic N) is 5. The van der Waals surface area contributed by atoms with Gasteiger partial charge in [0.2, 0.25) is 5.95 Å². The zero-order chi connectivity index (χ0) is 35.6. The van der Waals surface area contributed by atoms with Crippen LogP contribution in [0.1, 0.15) is 0 Å². The van der Waals surface area contributed by atoms with Gasteiger partial charge in [-0.1, -0.05) is 146 Å². The molecule has 54 heavy (non-hydrogen) atoms. The van der Waals surface area contributed by atoms with E-state index in [1.165, 1.54) is 32.7 Å². The second-order valence-corrected chi connectivity index (χ2v) is 13.7. The summed E-state index contributed by atoms with van der Waals surface area (Å²) in [4.78, 5) is 15.5. The monoisotopic (exact) mass is 689 g/mol. The first-order valence-electron chi connectivity index (χ1n) is 18.2. The average Bonchev–Trinajstić information content (AvgIpc) is 3.77. The molecule has 8 aromatic carbocycles. The Morgan fingerprint density at radius 3 is 1.50 bits per heavy atom. The Kier molecular flexibility index (Phi) is 6.79. The summed E-state index contributed by atoms with van der Waals surface area (Å²) in [5.41, 5.74) is 9.80. The first kappa shape index (κ1) is 30.3. The van der Waals surface area contributed by atoms with Crippen molar-refractivity contribution in [2.75, 3.05) is 0 Å². The lowest BCUT2D eigenvalue weighted by molar-refractivity contribution is 0.954. The highest BCUT2D eigenvalue weighted by atomic mass is 15.2. The molecular weight excluding hydrogens is 659 g/mol. The molecule has 3 aromatic heterocycles. The van der Waals surface area contributed by atoms with E-state index in [9.17, 15) is 0 Å². The van der Waals surface area contributed by atoms with Gasteiger partial charge in [-0.05, 0) is 64.4 Å². The molecule has 0 saturated carbocycles. The first-order chi connectivity index (χ1) is 26.8. The van der Waals surface area contributed by atoms with Crippen molar-refractivity contribution in [2.24, 2.45) is 0 Å². The van der Waals surface area contributed by atoms with Crippen LogP contribution in [0.3, 0.4) is 0 Å². The summed E-state index contributed by atoms with van der Waals surface area (Å²) in [6, 6.07) is 66.2. The number of rotatable bonds is 5. The van der Waals surface area contributed by atoms with Gasteiger partial charge >= 0.3 is 0 Å². The summed E-state index contributed by atoms with van der Waals surface area (Å²) >= 11 is 0. The van der Waals surface area contributed by atoms with E-state index in [2.05, 4.69) is 179 Å². The maximum absolute atomic E-state index is 5.24. The van der Waals surface area contributed by atoms with Crippen LogP contribution in [0.5, 0.6) is 0 Å². The van der Waals surface area contributed by atoms with Gasteiger partial charge in [-0.3, -0.25) is 4.57 Å². The highest BCUT2D eigenvalue weighted by Crippen LogP contribution is 2.42. The first-order valence-corrected chi connectivity index (χ1v) is 18.2. The van der Waals surface area contributed by atoms with E-state index in [0.29, 0.717) is 17.6 Å². The lowest BCUT2D eigenvalue weighted by atomic mass is 10.1. The molecule has 252 valence electrons. The molecule has 0 fully saturated rings. The molecule has 0 aliphatic carbocycles. The average molecular weight is 690 g/mol. The van der Waals surface area contributed by atoms with E-state index < -0.39 is 0 Å². The van der Waals surface area contributed by atoms with Crippen LogP contribution in [0.15, 0.2) is 188 Å². The number of hydrogen-bond donors (Lipinski definition) is 0. The number of para-hydroxylation sites is 2. The molecule has 0 saturated heterocycles. The molecule has 0 spiro atoms. The maximum Gasteiger partial charge on any atom is 0.238 e. The Hall–Kier alpha value is -7.37. The Bertz CT molecular complexity index is 3200. The molecule has 5 heteroatoms. The summed E-state index contributed by atoms with van der Waals surface area (Å²) in [6.07, 6.45) is 0. The second-order valence-electron chi connectivity index (χ2n) is 13.7. The van der Waals surface area contributed by atoms with Gasteiger partial charge in [0, 0.05) is 38.4 Å². The van der Waals surface area contributed by atoms with Gasteiger partial charge in [-0.15, -0.1) is 0 Å². The molecule has 11 aromatic rings. The highest BCUT2D eigenvalue weighted by Gasteiger charge is 2.22. The predicted molar refractivity (Wildman–Crippen MR) is 222 cm³/mol. The summed E-state index contributed by atoms with van der Waals surface area (Å²) in [7, 11) is 0. The fourth-order valence-electron chi connectivity index (χ4n) is 8.08. The van der Waals surface area contributed by atoms with Crippen LogP contribution in [-0.2, 0) is 0 Å². The minimum absolute atomic E-state index is 0.581. The Morgan fingerprint density at radius 1 is 0.315 bits per heavy atom. The fourth-order valence-corrected chi connectivity index (χ4v) is 8.08. The lowest BCUT2D eigenvalue weighted by Gasteiger charge is -2.12. The van der Waals surface area contributed by atoms with Gasteiger partial charge in [0.1, 0.15) is 0 Å². The van der Waals surface area contributed by atoms with Gasteiger partial charge in [0.15, 0.2) is 11.6 Å². The van der Waals surface area contributed by atoms with Crippen molar-refractivity contribution in [3.8, 4) is 45.5 Å². The molecule has 3 heterocycles. The minimum atomic E-state index is 0.581. The van der Waals surface area contributed by atoms with Crippen molar-refractivity contribution in [3.63, 3.8) is 0 Å². The van der Waals surface area contributed by atoms with Gasteiger partial charge in [-0.2, -0.15) is 9.97 Å². The molecule has 5 nitrogen and oxygen atoms in total. The second kappa shape index (κ2) is 12.1. The third kappa shape index (κ3) is 4.76. The summed E-state index contributed by atoms with van der Waals surface area (Å²) in [5.74, 6) is 1.84. The van der Waals surface area contributed by atoms with Crippen LogP contribution in [-0.4, -0.2) is 24.1 Å². The van der Waals surface area contributed by atoms with E-state index >= 15 is 0 Å². The van der Waals surface area contributed by atoms with Crippen LogP contribution >= 0.6 is 0 Å². The minimum Gasteiger partial charge on any atom is -0.309 e. The van der Waals surface area contributed by atoms with E-state index in [0.717, 1.165) is 49.7 Å². The van der Waals surface area contributed by atoms with Gasteiger partial charge < -0.3 is 4.57 Å². The maximum atomic E-state index is 5.24. The van der Waals surface area contributed by atoms with E-state index in [-0.39, 0.29) is 0 Å². The highest BCUT2D eigenvalue weighted by molar-refractivity contribution is 6.28. The van der Waals surface area contributed by atoms with Crippen LogP contribution in [0.2, 0.25) is 0 Å². The van der Waals surface area contributed by atoms with Crippen molar-refractivity contribution in [2.45, 2.75) is 0 Å². The molecule has 0 N–H and O–H groups in total. The Morgan fingerprint density at radius 2 is 0.815 bits per heavy atom. The van der Waals surface area contributed by atoms with Crippen LogP contribution in [0.25, 0.3) is 99.9 Å². The predicted octanol–water partition coefficient (Wildman–Crippen LogP) is 12.2. The third-order valence-corrected chi connectivity index (χ3v) is 10.6. The number of benzene rings is 8. The Labute approximate surface area is 311 Å². The smallest absolute Gasteiger partial charge is 0.238 e. The largest absolute Gasteiger partial charge is 0.309 e. The SMILES string of the molecule is c1ccc(-c2ccc(-n3c4ccccc4c4c5c6ccccc6n(-c6nc(-c7ccccc7)nc(-c7ccc8ccccc8c7)n6)c5ccc43)cc2)cc1. The van der Waals surface area contributed by atoms with Crippen LogP contribution in [0.4, 0.5) is 0 Å². The molecule has 0 aliphatic heterocycles. The van der Waals surface area contributed by atoms with Gasteiger partial charge in [0.25, 0.3) is 0 Å². The lowest BCUT2D eigenvalue weighted by Crippen LogP contribution is -2.06. The van der Waals surface area contributed by atoms with Crippen molar-refractivity contribution in [1.82, 2.24) is 24.1 Å². The molecule has 0 radical (unpaired) electrons. The summed E-state index contributed by atoms with van der Waals surface area (Å²) in [5, 5.41) is 7.05. The topological polar surface area (TPSA) is 48.5 Å². The number of fused-ring (bicyclic) bond motifs is 8. The number of hydrogen-bond acceptors (Lipinski definition) is 3. The molecule has 0 unspecified atom stereocenters. The van der Waals surface area contributed by atoms with Gasteiger partial charge in [0.05, 0.1) is 22.1 Å². The van der Waals surface area contributed by atoms with Crippen molar-refractivity contribution in [3.05, 3.63) is 188 Å². The van der Waals surface area contributed by atoms with Crippen LogP contribution in [0, 0.1) is 0 Å². The van der Waals surface area contributed by atoms with Crippen molar-refractivity contribution < 1.29 is 0 Å². The standard InChI is InChI=1S/C49H31N5/c1-3-13-32(14-4-1)34-25-27-38(28-26-34)53-41-21-11-9-19-39(41)45-43(53)29-30-44-46(45)40-20-10-12-22-42(40)54(44)49-51-47(35-16-5-2-6-17-35)50-48(52-49)37-24-23-33-15-7-8-18-36(33)31-37/h1-31H. The van der Waals surface area contributed by atoms with E-state index in [4.69, 9.17) is 15.0 Å². The van der Waals surface area contributed by atoms with E-state index in [1.54, 1.807) is 0 Å². The van der Waals surface area contributed by atoms with Crippen molar-refractivity contribution in [1.29, 1.82) is 0 Å². The zero-order valence-corrected chi connectivity index (χ0v) is 29.1. The third-order valence-electron chi connectivity index (χ3n) is 10.6. The zero-order valence-electron chi connectivity index (χ0n) is 29.1. The summed E-state index contributed by atoms with van der Waals surface area (Å²) < 4.78 is 4.60. The summed E-state index contributed by atoms with van der Waals surface area (Å²) in [6.45, 7) is 0. The molecular formula is C49H31N5. The Balaban J connectivity index is 1.18. The van der Waals surface area contributed by atoms with Crippen LogP contribution < -0.4 is 0 Å². The molecule has 0 amide bonds. The molecule has 0 aliphatic rings. The van der Waals surface area contributed by atoms with E-state index in [1.807, 2.05) is 18.2 Å². The van der Waals surface area contributed by atoms with Crippen molar-refractivity contribution >= 4 is 54.4 Å². The molecule has 0 bridgehead atoms. The fraction of sp³-hybridized carbons (Fsp3) is 0. The molecule has 0 atom stereocenters.